The molecule has 4 rings (SSSR count). The lowest BCUT2D eigenvalue weighted by atomic mass is 9.71. The van der Waals surface area contributed by atoms with Crippen molar-refractivity contribution in [1.82, 2.24) is 15.3 Å². The molecule has 0 saturated carbocycles. The van der Waals surface area contributed by atoms with Crippen LogP contribution in [0.5, 0.6) is 0 Å². The SMILES string of the molecule is CC(C)(C)OC(=O)N(CC=O)NCC(CCCN1CCC(c2ccccc2F)CC1)(c1ccc(Cl)cc1)c1ccc(Cl)cc1. The fourth-order valence-corrected chi connectivity index (χ4v) is 6.24. The van der Waals surface area contributed by atoms with Gasteiger partial charge in [-0.2, -0.15) is 0 Å². The molecule has 3 aromatic carbocycles. The van der Waals surface area contributed by atoms with Crippen LogP contribution in [0.3, 0.4) is 0 Å². The highest BCUT2D eigenvalue weighted by molar-refractivity contribution is 6.30. The number of nitrogens with zero attached hydrogens (tertiary/aromatic N) is 2. The predicted octanol–water partition coefficient (Wildman–Crippen LogP) is 8.02. The van der Waals surface area contributed by atoms with E-state index >= 15 is 0 Å². The van der Waals surface area contributed by atoms with Gasteiger partial charge in [-0.25, -0.2) is 19.6 Å². The zero-order chi connectivity index (χ0) is 31.7. The fraction of sp³-hybridized carbons (Fsp3) is 0.429. The molecular formula is C35H42Cl2FN3O3. The van der Waals surface area contributed by atoms with Crippen molar-refractivity contribution in [1.29, 1.82) is 0 Å². The largest absolute Gasteiger partial charge is 0.443 e. The van der Waals surface area contributed by atoms with Gasteiger partial charge in [0.25, 0.3) is 0 Å². The van der Waals surface area contributed by atoms with E-state index in [9.17, 15) is 14.0 Å². The first-order chi connectivity index (χ1) is 21.0. The molecule has 1 N–H and O–H groups in total. The molecule has 0 bridgehead atoms. The minimum Gasteiger partial charge on any atom is -0.443 e. The van der Waals surface area contributed by atoms with Gasteiger partial charge in [-0.1, -0.05) is 65.7 Å². The van der Waals surface area contributed by atoms with Crippen molar-refractivity contribution >= 4 is 35.6 Å². The summed E-state index contributed by atoms with van der Waals surface area (Å²) in [5.74, 6) is 0.111. The van der Waals surface area contributed by atoms with E-state index < -0.39 is 17.1 Å². The molecule has 0 unspecified atom stereocenters. The van der Waals surface area contributed by atoms with Gasteiger partial charge in [-0.05, 0) is 119 Å². The molecule has 0 radical (unpaired) electrons. The molecule has 6 nitrogen and oxygen atoms in total. The van der Waals surface area contributed by atoms with Gasteiger partial charge in [0.05, 0.1) is 6.54 Å². The van der Waals surface area contributed by atoms with Gasteiger partial charge >= 0.3 is 6.09 Å². The first kappa shape index (κ1) is 33.9. The van der Waals surface area contributed by atoms with Crippen LogP contribution in [0.1, 0.15) is 69.1 Å². The van der Waals surface area contributed by atoms with Crippen LogP contribution >= 0.6 is 23.2 Å². The quantitative estimate of drug-likeness (QED) is 0.160. The lowest BCUT2D eigenvalue weighted by molar-refractivity contribution is -0.109. The first-order valence-electron chi connectivity index (χ1n) is 15.2. The minimum absolute atomic E-state index is 0.121. The molecule has 9 heteroatoms. The number of piperidine rings is 1. The average molecular weight is 643 g/mol. The molecule has 0 aliphatic carbocycles. The molecule has 1 amide bonds. The lowest BCUT2D eigenvalue weighted by Gasteiger charge is -2.39. The third kappa shape index (κ3) is 9.04. The Labute approximate surface area is 270 Å². The summed E-state index contributed by atoms with van der Waals surface area (Å²) < 4.78 is 20.0. The third-order valence-electron chi connectivity index (χ3n) is 8.25. The summed E-state index contributed by atoms with van der Waals surface area (Å²) >= 11 is 12.6. The van der Waals surface area contributed by atoms with E-state index in [2.05, 4.69) is 10.3 Å². The molecule has 3 aromatic rings. The zero-order valence-corrected chi connectivity index (χ0v) is 27.2. The number of nitrogens with one attached hydrogen (secondary N) is 1. The molecule has 1 fully saturated rings. The van der Waals surface area contributed by atoms with E-state index in [1.54, 1.807) is 32.9 Å². The number of hydrogen-bond acceptors (Lipinski definition) is 5. The fourth-order valence-electron chi connectivity index (χ4n) is 5.99. The van der Waals surface area contributed by atoms with Crippen molar-refractivity contribution in [3.8, 4) is 0 Å². The van der Waals surface area contributed by atoms with Crippen LogP contribution in [0.2, 0.25) is 10.0 Å². The van der Waals surface area contributed by atoms with Crippen LogP contribution < -0.4 is 5.43 Å². The highest BCUT2D eigenvalue weighted by Crippen LogP contribution is 2.38. The Kier molecular flexibility index (Phi) is 11.8. The monoisotopic (exact) mass is 641 g/mol. The van der Waals surface area contributed by atoms with E-state index in [0.29, 0.717) is 22.9 Å². The zero-order valence-electron chi connectivity index (χ0n) is 25.7. The Morgan fingerprint density at radius 2 is 1.55 bits per heavy atom. The van der Waals surface area contributed by atoms with E-state index in [-0.39, 0.29) is 18.3 Å². The minimum atomic E-state index is -0.719. The number of ether oxygens (including phenoxy) is 1. The van der Waals surface area contributed by atoms with Crippen molar-refractivity contribution in [2.24, 2.45) is 0 Å². The maximum absolute atomic E-state index is 14.4. The Bertz CT molecular complexity index is 1330. The molecule has 1 heterocycles. The summed E-state index contributed by atoms with van der Waals surface area (Å²) in [4.78, 5) is 27.0. The summed E-state index contributed by atoms with van der Waals surface area (Å²) in [6.07, 6.45) is 3.48. The molecule has 236 valence electrons. The van der Waals surface area contributed by atoms with Gasteiger partial charge < -0.3 is 14.4 Å². The summed E-state index contributed by atoms with van der Waals surface area (Å²) in [6.45, 7) is 8.19. The molecule has 0 spiro atoms. The predicted molar refractivity (Wildman–Crippen MR) is 175 cm³/mol. The molecule has 1 aliphatic heterocycles. The maximum Gasteiger partial charge on any atom is 0.425 e. The lowest BCUT2D eigenvalue weighted by Crippen LogP contribution is -2.52. The molecule has 0 aromatic heterocycles. The number of aldehydes is 1. The standard InChI is InChI=1S/C35H42Cl2FN3O3/c1-34(2,3)44-33(43)41(23-24-42)39-25-35(27-9-13-29(36)14-10-27,28-11-15-30(37)16-12-28)19-6-20-40-21-17-26(18-22-40)31-7-4-5-8-32(31)38/h4-5,7-16,24,26,39H,6,17-23,25H2,1-3H3. The Balaban J connectivity index is 1.56. The second-order valence-corrected chi connectivity index (χ2v) is 13.3. The topological polar surface area (TPSA) is 61.9 Å². The van der Waals surface area contributed by atoms with Gasteiger partial charge in [0.15, 0.2) is 0 Å². The second kappa shape index (κ2) is 15.3. The number of halogens is 3. The van der Waals surface area contributed by atoms with Gasteiger partial charge in [0.2, 0.25) is 0 Å². The number of likely N-dealkylation sites (tertiary alicyclic amines) is 1. The van der Waals surface area contributed by atoms with Crippen LogP contribution in [-0.4, -0.2) is 60.6 Å². The Morgan fingerprint density at radius 1 is 0.977 bits per heavy atom. The number of carbonyl (C=O) groups is 2. The first-order valence-corrected chi connectivity index (χ1v) is 15.9. The number of carbonyl (C=O) groups excluding carboxylic acids is 2. The van der Waals surface area contributed by atoms with E-state index in [1.807, 2.05) is 60.7 Å². The van der Waals surface area contributed by atoms with Crippen molar-refractivity contribution in [2.75, 3.05) is 32.7 Å². The van der Waals surface area contributed by atoms with E-state index in [4.69, 9.17) is 27.9 Å². The second-order valence-electron chi connectivity index (χ2n) is 12.4. The van der Waals surface area contributed by atoms with Gasteiger partial charge in [0.1, 0.15) is 17.7 Å². The van der Waals surface area contributed by atoms with Gasteiger partial charge in [0, 0.05) is 22.0 Å². The number of amides is 1. The van der Waals surface area contributed by atoms with Crippen LogP contribution in [-0.2, 0) is 14.9 Å². The Morgan fingerprint density at radius 3 is 2.07 bits per heavy atom. The van der Waals surface area contributed by atoms with Crippen molar-refractivity contribution in [2.45, 2.75) is 63.4 Å². The molecule has 1 aliphatic rings. The average Bonchev–Trinajstić information content (AvgIpc) is 2.99. The maximum atomic E-state index is 14.4. The van der Waals surface area contributed by atoms with Crippen LogP contribution in [0, 0.1) is 5.82 Å². The van der Waals surface area contributed by atoms with Crippen LogP contribution in [0.15, 0.2) is 72.8 Å². The van der Waals surface area contributed by atoms with E-state index in [0.717, 1.165) is 62.0 Å². The normalized spacial score (nSPS) is 14.8. The van der Waals surface area contributed by atoms with Crippen molar-refractivity contribution in [3.05, 3.63) is 105 Å². The summed E-state index contributed by atoms with van der Waals surface area (Å²) in [5, 5.41) is 2.48. The summed E-state index contributed by atoms with van der Waals surface area (Å²) in [5.41, 5.74) is 4.78. The molecule has 0 atom stereocenters. The summed E-state index contributed by atoms with van der Waals surface area (Å²) in [7, 11) is 0. The smallest absolute Gasteiger partial charge is 0.425 e. The molecule has 44 heavy (non-hydrogen) atoms. The summed E-state index contributed by atoms with van der Waals surface area (Å²) in [6, 6.07) is 22.6. The van der Waals surface area contributed by atoms with Gasteiger partial charge in [-0.15, -0.1) is 0 Å². The highest BCUT2D eigenvalue weighted by Gasteiger charge is 2.36. The third-order valence-corrected chi connectivity index (χ3v) is 8.75. The number of rotatable bonds is 12. The number of hydrazine groups is 1. The molecular weight excluding hydrogens is 600 g/mol. The van der Waals surface area contributed by atoms with Crippen LogP contribution in [0.25, 0.3) is 0 Å². The number of benzene rings is 3. The van der Waals surface area contributed by atoms with Gasteiger partial charge in [-0.3, -0.25) is 0 Å². The Hall–Kier alpha value is -2.97. The van der Waals surface area contributed by atoms with Crippen molar-refractivity contribution in [3.63, 3.8) is 0 Å². The van der Waals surface area contributed by atoms with Crippen molar-refractivity contribution < 1.29 is 18.7 Å². The highest BCUT2D eigenvalue weighted by atomic mass is 35.5. The van der Waals surface area contributed by atoms with E-state index in [1.165, 1.54) is 5.01 Å². The molecule has 1 saturated heterocycles. The van der Waals surface area contributed by atoms with Crippen LogP contribution in [0.4, 0.5) is 9.18 Å². The number of hydrogen-bond donors (Lipinski definition) is 1.